The molecule has 0 amide bonds. The summed E-state index contributed by atoms with van der Waals surface area (Å²) < 4.78 is 16.5. The minimum absolute atomic E-state index is 0.505. The van der Waals surface area contributed by atoms with Crippen molar-refractivity contribution in [3.05, 3.63) is 47.0 Å². The lowest BCUT2D eigenvalue weighted by Gasteiger charge is -2.15. The van der Waals surface area contributed by atoms with Gasteiger partial charge in [0, 0.05) is 6.54 Å². The number of ether oxygens (including phenoxy) is 3. The molecule has 0 unspecified atom stereocenters. The second-order valence-electron chi connectivity index (χ2n) is 4.39. The Bertz CT molecular complexity index is 594. The lowest BCUT2D eigenvalue weighted by Crippen LogP contribution is -2.04. The van der Waals surface area contributed by atoms with Crippen LogP contribution in [0.15, 0.2) is 36.4 Å². The lowest BCUT2D eigenvalue weighted by atomic mass is 10.2. The zero-order chi connectivity index (χ0) is 15.2. The van der Waals surface area contributed by atoms with Crippen LogP contribution < -0.4 is 19.5 Å². The van der Waals surface area contributed by atoms with Gasteiger partial charge < -0.3 is 19.5 Å². The molecule has 2 rings (SSSR count). The molecule has 1 N–H and O–H groups in total. The third-order valence-electron chi connectivity index (χ3n) is 2.97. The van der Waals surface area contributed by atoms with Gasteiger partial charge in [0.25, 0.3) is 0 Å². The Kier molecular flexibility index (Phi) is 5.31. The average molecular weight is 308 g/mol. The molecule has 2 aromatic carbocycles. The predicted molar refractivity (Wildman–Crippen MR) is 83.8 cm³/mol. The molecule has 0 heterocycles. The first kappa shape index (κ1) is 15.5. The van der Waals surface area contributed by atoms with Gasteiger partial charge in [-0.1, -0.05) is 23.7 Å². The Labute approximate surface area is 129 Å². The molecule has 0 saturated carbocycles. The van der Waals surface area contributed by atoms with Crippen LogP contribution in [0.4, 0.5) is 0 Å². The van der Waals surface area contributed by atoms with E-state index in [2.05, 4.69) is 5.32 Å². The smallest absolute Gasteiger partial charge is 0.211 e. The van der Waals surface area contributed by atoms with Gasteiger partial charge in [-0.25, -0.2) is 0 Å². The van der Waals surface area contributed by atoms with E-state index in [1.165, 1.54) is 0 Å². The number of rotatable bonds is 6. The zero-order valence-corrected chi connectivity index (χ0v) is 13.0. The Morgan fingerprint density at radius 3 is 2.19 bits per heavy atom. The summed E-state index contributed by atoms with van der Waals surface area (Å²) in [4.78, 5) is 0. The van der Waals surface area contributed by atoms with Crippen molar-refractivity contribution in [1.29, 1.82) is 0 Å². The molecule has 0 saturated heterocycles. The highest BCUT2D eigenvalue weighted by molar-refractivity contribution is 6.32. The molecule has 0 aliphatic rings. The fourth-order valence-electron chi connectivity index (χ4n) is 1.97. The van der Waals surface area contributed by atoms with Crippen LogP contribution in [0.1, 0.15) is 5.56 Å². The fraction of sp³-hybridized carbons (Fsp3) is 0.250. The van der Waals surface area contributed by atoms with Crippen LogP contribution >= 0.6 is 11.6 Å². The number of hydrogen-bond donors (Lipinski definition) is 1. The Morgan fingerprint density at radius 1 is 1.00 bits per heavy atom. The molecular weight excluding hydrogens is 290 g/mol. The average Bonchev–Trinajstić information content (AvgIpc) is 2.50. The van der Waals surface area contributed by atoms with Gasteiger partial charge in [0.05, 0.1) is 19.2 Å². The van der Waals surface area contributed by atoms with E-state index < -0.39 is 0 Å². The molecular formula is C16H18ClNO3. The van der Waals surface area contributed by atoms with Crippen LogP contribution in [-0.4, -0.2) is 21.3 Å². The third kappa shape index (κ3) is 3.60. The van der Waals surface area contributed by atoms with Crippen LogP contribution in [0.3, 0.4) is 0 Å². The summed E-state index contributed by atoms with van der Waals surface area (Å²) in [6, 6.07) is 11.1. The summed E-state index contributed by atoms with van der Waals surface area (Å²) in [6.07, 6.45) is 0. The summed E-state index contributed by atoms with van der Waals surface area (Å²) in [5, 5.41) is 3.62. The number of benzene rings is 2. The summed E-state index contributed by atoms with van der Waals surface area (Å²) >= 11 is 6.27. The van der Waals surface area contributed by atoms with E-state index in [0.717, 1.165) is 12.1 Å². The van der Waals surface area contributed by atoms with E-state index in [1.807, 2.05) is 31.3 Å². The number of nitrogens with one attached hydrogen (secondary N) is 1. The third-order valence-corrected chi connectivity index (χ3v) is 3.27. The van der Waals surface area contributed by atoms with Gasteiger partial charge in [-0.3, -0.25) is 0 Å². The molecule has 0 bridgehead atoms. The SMILES string of the molecule is CNCc1ccc(Oc2c(OC)cccc2OC)c(Cl)c1. The van der Waals surface area contributed by atoms with Crippen molar-refractivity contribution in [2.45, 2.75) is 6.54 Å². The number of para-hydroxylation sites is 1. The predicted octanol–water partition coefficient (Wildman–Crippen LogP) is 3.87. The maximum Gasteiger partial charge on any atom is 0.211 e. The van der Waals surface area contributed by atoms with Gasteiger partial charge in [0.15, 0.2) is 11.5 Å². The van der Waals surface area contributed by atoms with Gasteiger partial charge in [-0.15, -0.1) is 0 Å². The Morgan fingerprint density at radius 2 is 1.67 bits per heavy atom. The largest absolute Gasteiger partial charge is 0.493 e. The molecule has 0 aromatic heterocycles. The maximum atomic E-state index is 6.27. The Hall–Kier alpha value is -1.91. The Balaban J connectivity index is 2.34. The quantitative estimate of drug-likeness (QED) is 0.879. The van der Waals surface area contributed by atoms with Crippen molar-refractivity contribution in [2.75, 3.05) is 21.3 Å². The molecule has 0 fully saturated rings. The summed E-state index contributed by atoms with van der Waals surface area (Å²) in [6.45, 7) is 0.748. The fourth-order valence-corrected chi connectivity index (χ4v) is 2.21. The van der Waals surface area contributed by atoms with E-state index in [9.17, 15) is 0 Å². The molecule has 0 radical (unpaired) electrons. The number of halogens is 1. The monoisotopic (exact) mass is 307 g/mol. The highest BCUT2D eigenvalue weighted by Crippen LogP contribution is 2.41. The number of hydrogen-bond acceptors (Lipinski definition) is 4. The lowest BCUT2D eigenvalue weighted by molar-refractivity contribution is 0.346. The first-order valence-electron chi connectivity index (χ1n) is 6.51. The second-order valence-corrected chi connectivity index (χ2v) is 4.80. The first-order valence-corrected chi connectivity index (χ1v) is 6.89. The van der Waals surface area contributed by atoms with Crippen LogP contribution in [-0.2, 0) is 6.54 Å². The van der Waals surface area contributed by atoms with Crippen molar-refractivity contribution in [1.82, 2.24) is 5.32 Å². The molecule has 2 aromatic rings. The topological polar surface area (TPSA) is 39.7 Å². The maximum absolute atomic E-state index is 6.27. The van der Waals surface area contributed by atoms with Crippen molar-refractivity contribution in [2.24, 2.45) is 0 Å². The molecule has 4 nitrogen and oxygen atoms in total. The van der Waals surface area contributed by atoms with Crippen molar-refractivity contribution >= 4 is 11.6 Å². The van der Waals surface area contributed by atoms with Crippen molar-refractivity contribution in [3.8, 4) is 23.0 Å². The van der Waals surface area contributed by atoms with Gasteiger partial charge in [0.1, 0.15) is 5.75 Å². The second kappa shape index (κ2) is 7.20. The number of methoxy groups -OCH3 is 2. The molecule has 21 heavy (non-hydrogen) atoms. The van der Waals surface area contributed by atoms with Crippen LogP contribution in [0, 0.1) is 0 Å². The summed E-state index contributed by atoms with van der Waals surface area (Å²) in [5.74, 6) is 2.24. The summed E-state index contributed by atoms with van der Waals surface area (Å²) in [5.41, 5.74) is 1.09. The minimum atomic E-state index is 0.505. The zero-order valence-electron chi connectivity index (χ0n) is 12.3. The van der Waals surface area contributed by atoms with Crippen molar-refractivity contribution in [3.63, 3.8) is 0 Å². The highest BCUT2D eigenvalue weighted by atomic mass is 35.5. The van der Waals surface area contributed by atoms with Crippen LogP contribution in [0.2, 0.25) is 5.02 Å². The van der Waals surface area contributed by atoms with Gasteiger partial charge in [-0.05, 0) is 36.9 Å². The van der Waals surface area contributed by atoms with Crippen LogP contribution in [0.25, 0.3) is 0 Å². The first-order chi connectivity index (χ1) is 10.2. The standard InChI is InChI=1S/C16H18ClNO3/c1-18-10-11-7-8-13(12(17)9-11)21-16-14(19-2)5-4-6-15(16)20-3/h4-9,18H,10H2,1-3H3. The summed E-state index contributed by atoms with van der Waals surface area (Å²) in [7, 11) is 5.05. The molecule has 0 atom stereocenters. The molecule has 5 heteroatoms. The van der Waals surface area contributed by atoms with E-state index in [0.29, 0.717) is 28.0 Å². The van der Waals surface area contributed by atoms with E-state index in [-0.39, 0.29) is 0 Å². The highest BCUT2D eigenvalue weighted by Gasteiger charge is 2.14. The molecule has 0 spiro atoms. The van der Waals surface area contributed by atoms with Gasteiger partial charge in [0.2, 0.25) is 5.75 Å². The molecule has 112 valence electrons. The van der Waals surface area contributed by atoms with E-state index in [4.69, 9.17) is 25.8 Å². The van der Waals surface area contributed by atoms with Crippen LogP contribution in [0.5, 0.6) is 23.0 Å². The minimum Gasteiger partial charge on any atom is -0.493 e. The normalized spacial score (nSPS) is 10.3. The molecule has 0 aliphatic carbocycles. The van der Waals surface area contributed by atoms with E-state index in [1.54, 1.807) is 26.4 Å². The molecule has 0 aliphatic heterocycles. The van der Waals surface area contributed by atoms with Gasteiger partial charge in [-0.2, -0.15) is 0 Å². The van der Waals surface area contributed by atoms with Gasteiger partial charge >= 0.3 is 0 Å². The van der Waals surface area contributed by atoms with E-state index >= 15 is 0 Å². The van der Waals surface area contributed by atoms with Crippen molar-refractivity contribution < 1.29 is 14.2 Å².